The lowest BCUT2D eigenvalue weighted by molar-refractivity contribution is 0.0778. The van der Waals surface area contributed by atoms with Gasteiger partial charge in [-0.15, -0.1) is 0 Å². The fourth-order valence-electron chi connectivity index (χ4n) is 2.51. The van der Waals surface area contributed by atoms with Gasteiger partial charge in [-0.1, -0.05) is 12.5 Å². The summed E-state index contributed by atoms with van der Waals surface area (Å²) in [6.45, 7) is 1.49. The highest BCUT2D eigenvalue weighted by Crippen LogP contribution is 2.15. The zero-order chi connectivity index (χ0) is 14.5. The van der Waals surface area contributed by atoms with Crippen molar-refractivity contribution in [2.24, 2.45) is 0 Å². The number of carbonyl (C=O) groups excluding carboxylic acids is 1. The van der Waals surface area contributed by atoms with Crippen molar-refractivity contribution in [1.82, 2.24) is 10.2 Å². The second kappa shape index (κ2) is 6.79. The predicted molar refractivity (Wildman–Crippen MR) is 73.6 cm³/mol. The maximum Gasteiger partial charge on any atom is 0.259 e. The predicted octanol–water partition coefficient (Wildman–Crippen LogP) is 2.57. The van der Waals surface area contributed by atoms with Crippen LogP contribution in [0.15, 0.2) is 18.2 Å². The molecule has 1 aromatic rings. The fraction of sp³-hybridized carbons (Fsp3) is 0.533. The van der Waals surface area contributed by atoms with Gasteiger partial charge in [0, 0.05) is 19.6 Å². The summed E-state index contributed by atoms with van der Waals surface area (Å²) in [7, 11) is 1.58. The van der Waals surface area contributed by atoms with Crippen LogP contribution in [-0.2, 0) is 0 Å². The molecule has 20 heavy (non-hydrogen) atoms. The average molecular weight is 282 g/mol. The first-order valence-corrected chi connectivity index (χ1v) is 7.02. The van der Waals surface area contributed by atoms with E-state index >= 15 is 0 Å². The van der Waals surface area contributed by atoms with Crippen molar-refractivity contribution in [3.63, 3.8) is 0 Å². The van der Waals surface area contributed by atoms with Crippen LogP contribution in [0.5, 0.6) is 0 Å². The number of piperidine rings is 1. The van der Waals surface area contributed by atoms with Crippen LogP contribution in [0.1, 0.15) is 36.0 Å². The minimum atomic E-state index is -0.808. The largest absolute Gasteiger partial charge is 0.341 e. The molecule has 0 aliphatic carbocycles. The third-order valence-electron chi connectivity index (χ3n) is 3.75. The zero-order valence-electron chi connectivity index (χ0n) is 11.7. The van der Waals surface area contributed by atoms with E-state index in [-0.39, 0.29) is 0 Å². The summed E-state index contributed by atoms with van der Waals surface area (Å²) in [5.41, 5.74) is -0.466. The van der Waals surface area contributed by atoms with Crippen LogP contribution < -0.4 is 5.32 Å². The number of amides is 1. The molecule has 0 bridgehead atoms. The van der Waals surface area contributed by atoms with Crippen molar-refractivity contribution in [1.29, 1.82) is 0 Å². The Morgan fingerprint density at radius 3 is 2.65 bits per heavy atom. The van der Waals surface area contributed by atoms with Crippen molar-refractivity contribution >= 4 is 5.91 Å². The maximum absolute atomic E-state index is 13.6. The van der Waals surface area contributed by atoms with Crippen LogP contribution in [0, 0.1) is 11.6 Å². The van der Waals surface area contributed by atoms with Gasteiger partial charge in [0.1, 0.15) is 17.2 Å². The molecule has 1 amide bonds. The molecule has 1 unspecified atom stereocenters. The maximum atomic E-state index is 13.6. The van der Waals surface area contributed by atoms with E-state index < -0.39 is 23.1 Å². The first-order valence-electron chi connectivity index (χ1n) is 7.02. The number of hydrogen-bond acceptors (Lipinski definition) is 2. The Labute approximate surface area is 118 Å². The molecule has 0 radical (unpaired) electrons. The summed E-state index contributed by atoms with van der Waals surface area (Å²) in [4.78, 5) is 13.5. The highest BCUT2D eigenvalue weighted by atomic mass is 19.1. The Hall–Kier alpha value is -1.49. The third-order valence-corrected chi connectivity index (χ3v) is 3.75. The standard InChI is InChI=1S/C15H20F2N2O/c1-19(10-8-11-5-2-3-9-18-11)15(20)14-12(16)6-4-7-13(14)17/h4,6-7,11,18H,2-3,5,8-10H2,1H3. The minimum Gasteiger partial charge on any atom is -0.341 e. The second-order valence-corrected chi connectivity index (χ2v) is 5.26. The van der Waals surface area contributed by atoms with Crippen LogP contribution in [0.3, 0.4) is 0 Å². The van der Waals surface area contributed by atoms with Gasteiger partial charge in [0.15, 0.2) is 0 Å². The second-order valence-electron chi connectivity index (χ2n) is 5.26. The number of nitrogens with zero attached hydrogens (tertiary/aromatic N) is 1. The lowest BCUT2D eigenvalue weighted by Crippen LogP contribution is -2.38. The van der Waals surface area contributed by atoms with E-state index in [1.807, 2.05) is 0 Å². The number of benzene rings is 1. The Morgan fingerprint density at radius 2 is 2.05 bits per heavy atom. The Morgan fingerprint density at radius 1 is 1.35 bits per heavy atom. The highest BCUT2D eigenvalue weighted by molar-refractivity contribution is 5.94. The van der Waals surface area contributed by atoms with Gasteiger partial charge < -0.3 is 10.2 Å². The number of hydrogen-bond donors (Lipinski definition) is 1. The molecule has 1 aromatic carbocycles. The molecule has 1 saturated heterocycles. The molecule has 2 rings (SSSR count). The summed E-state index contributed by atoms with van der Waals surface area (Å²) >= 11 is 0. The molecular formula is C15H20F2N2O. The van der Waals surface area contributed by atoms with Gasteiger partial charge in [-0.05, 0) is 37.9 Å². The van der Waals surface area contributed by atoms with Gasteiger partial charge in [-0.2, -0.15) is 0 Å². The molecule has 110 valence electrons. The van der Waals surface area contributed by atoms with E-state index in [0.29, 0.717) is 12.6 Å². The van der Waals surface area contributed by atoms with Gasteiger partial charge in [0.05, 0.1) is 0 Å². The fourth-order valence-corrected chi connectivity index (χ4v) is 2.51. The van der Waals surface area contributed by atoms with Crippen LogP contribution in [0.2, 0.25) is 0 Å². The average Bonchev–Trinajstić information content (AvgIpc) is 2.45. The van der Waals surface area contributed by atoms with Crippen molar-refractivity contribution in [3.05, 3.63) is 35.4 Å². The molecule has 1 heterocycles. The van der Waals surface area contributed by atoms with Crippen molar-refractivity contribution in [2.75, 3.05) is 20.1 Å². The van der Waals surface area contributed by atoms with Crippen molar-refractivity contribution < 1.29 is 13.6 Å². The first-order chi connectivity index (χ1) is 9.59. The van der Waals surface area contributed by atoms with Crippen molar-refractivity contribution in [3.8, 4) is 0 Å². The molecule has 0 spiro atoms. The zero-order valence-corrected chi connectivity index (χ0v) is 11.7. The van der Waals surface area contributed by atoms with Gasteiger partial charge >= 0.3 is 0 Å². The van der Waals surface area contributed by atoms with E-state index in [1.165, 1.54) is 23.8 Å². The van der Waals surface area contributed by atoms with Gasteiger partial charge in [-0.3, -0.25) is 4.79 Å². The van der Waals surface area contributed by atoms with E-state index in [2.05, 4.69) is 5.32 Å². The summed E-state index contributed by atoms with van der Waals surface area (Å²) in [6.07, 6.45) is 4.28. The lowest BCUT2D eigenvalue weighted by Gasteiger charge is -2.26. The molecule has 5 heteroatoms. The Balaban J connectivity index is 1.94. The molecule has 1 atom stereocenters. The van der Waals surface area contributed by atoms with Crippen LogP contribution in [0.25, 0.3) is 0 Å². The van der Waals surface area contributed by atoms with Crippen molar-refractivity contribution in [2.45, 2.75) is 31.7 Å². The van der Waals surface area contributed by atoms with E-state index in [0.717, 1.165) is 31.5 Å². The number of carbonyl (C=O) groups is 1. The quantitative estimate of drug-likeness (QED) is 0.920. The molecule has 3 nitrogen and oxygen atoms in total. The van der Waals surface area contributed by atoms with E-state index in [9.17, 15) is 13.6 Å². The lowest BCUT2D eigenvalue weighted by atomic mass is 10.0. The van der Waals surface area contributed by atoms with E-state index in [4.69, 9.17) is 0 Å². The van der Waals surface area contributed by atoms with Gasteiger partial charge in [-0.25, -0.2) is 8.78 Å². The summed E-state index contributed by atoms with van der Waals surface area (Å²) in [5.74, 6) is -2.22. The molecule has 0 aromatic heterocycles. The first kappa shape index (κ1) is 14.9. The smallest absolute Gasteiger partial charge is 0.259 e. The molecule has 1 fully saturated rings. The van der Waals surface area contributed by atoms with Crippen LogP contribution in [0.4, 0.5) is 8.78 Å². The van der Waals surface area contributed by atoms with Gasteiger partial charge in [0.2, 0.25) is 0 Å². The SMILES string of the molecule is CN(CCC1CCCCN1)C(=O)c1c(F)cccc1F. The van der Waals surface area contributed by atoms with Gasteiger partial charge in [0.25, 0.3) is 5.91 Å². The van der Waals surface area contributed by atoms with Crippen LogP contribution in [-0.4, -0.2) is 37.0 Å². The number of nitrogens with one attached hydrogen (secondary N) is 1. The van der Waals surface area contributed by atoms with Crippen LogP contribution >= 0.6 is 0 Å². The molecule has 1 aliphatic rings. The normalized spacial score (nSPS) is 18.9. The Kier molecular flexibility index (Phi) is 5.06. The summed E-state index contributed by atoms with van der Waals surface area (Å²) < 4.78 is 27.1. The van der Waals surface area contributed by atoms with E-state index in [1.54, 1.807) is 7.05 Å². The summed E-state index contributed by atoms with van der Waals surface area (Å²) in [6, 6.07) is 3.86. The molecule has 1 N–H and O–H groups in total. The number of rotatable bonds is 4. The minimum absolute atomic E-state index is 0.393. The molecular weight excluding hydrogens is 262 g/mol. The number of halogens is 2. The Bertz CT molecular complexity index is 453. The highest BCUT2D eigenvalue weighted by Gasteiger charge is 2.21. The summed E-state index contributed by atoms with van der Waals surface area (Å²) in [5, 5.41) is 3.39. The molecule has 0 saturated carbocycles. The topological polar surface area (TPSA) is 32.3 Å². The molecule has 1 aliphatic heterocycles. The monoisotopic (exact) mass is 282 g/mol. The third kappa shape index (κ3) is 3.54.